The molecule has 0 bridgehead atoms. The van der Waals surface area contributed by atoms with E-state index in [2.05, 4.69) is 20.8 Å². The number of aromatic nitrogens is 5. The van der Waals surface area contributed by atoms with Crippen molar-refractivity contribution in [1.29, 1.82) is 5.26 Å². The smallest absolute Gasteiger partial charge is 0.239 e. The van der Waals surface area contributed by atoms with Gasteiger partial charge >= 0.3 is 0 Å². The Labute approximate surface area is 189 Å². The molecule has 162 valence electrons. The molecule has 0 radical (unpaired) electrons. The van der Waals surface area contributed by atoms with E-state index in [-0.39, 0.29) is 11.8 Å². The average molecular weight is 437 g/mol. The second kappa shape index (κ2) is 7.84. The van der Waals surface area contributed by atoms with Crippen molar-refractivity contribution >= 4 is 5.91 Å². The minimum atomic E-state index is -0.916. The molecule has 33 heavy (non-hydrogen) atoms. The monoisotopic (exact) mass is 437 g/mol. The molecule has 1 aliphatic heterocycles. The van der Waals surface area contributed by atoms with Crippen LogP contribution in [-0.2, 0) is 4.79 Å². The fraction of sp³-hybridized carbons (Fsp3) is 0.167. The van der Waals surface area contributed by atoms with Crippen LogP contribution in [-0.4, -0.2) is 31.1 Å². The zero-order chi connectivity index (χ0) is 23.0. The van der Waals surface area contributed by atoms with E-state index in [4.69, 9.17) is 15.0 Å². The Balaban J connectivity index is 1.56. The maximum Gasteiger partial charge on any atom is 0.239 e. The number of nitrogens with zero attached hydrogens (tertiary/aromatic N) is 6. The molecule has 1 aliphatic rings. The lowest BCUT2D eigenvalue weighted by Crippen LogP contribution is -2.40. The number of fused-ring (bicyclic) bond motifs is 2. The van der Waals surface area contributed by atoms with Crippen LogP contribution in [0.5, 0.6) is 11.6 Å². The van der Waals surface area contributed by atoms with Crippen LogP contribution in [0.1, 0.15) is 30.9 Å². The van der Waals surface area contributed by atoms with E-state index in [9.17, 15) is 4.79 Å². The highest BCUT2D eigenvalue weighted by Crippen LogP contribution is 2.51. The third kappa shape index (κ3) is 3.47. The molecule has 0 saturated heterocycles. The number of carbonyl (C=O) groups excluding carboxylic acids is 1. The second-order valence-corrected chi connectivity index (χ2v) is 8.25. The molecular weight excluding hydrogens is 418 g/mol. The molecular formula is C24H19N7O2. The normalized spacial score (nSPS) is 14.4. The fourth-order valence-corrected chi connectivity index (χ4v) is 4.18. The van der Waals surface area contributed by atoms with Gasteiger partial charge in [-0.1, -0.05) is 50.2 Å². The second-order valence-electron chi connectivity index (χ2n) is 8.25. The fourth-order valence-electron chi connectivity index (χ4n) is 4.18. The third-order valence-electron chi connectivity index (χ3n) is 5.89. The largest absolute Gasteiger partial charge is 0.438 e. The maximum absolute atomic E-state index is 12.8. The molecule has 2 aromatic carbocycles. The summed E-state index contributed by atoms with van der Waals surface area (Å²) < 4.78 is 7.72. The topological polar surface area (TPSA) is 119 Å². The van der Waals surface area contributed by atoms with Crippen molar-refractivity contribution < 1.29 is 9.53 Å². The molecule has 3 heterocycles. The number of amides is 1. The van der Waals surface area contributed by atoms with E-state index in [1.807, 2.05) is 74.5 Å². The Morgan fingerprint density at radius 3 is 2.61 bits per heavy atom. The van der Waals surface area contributed by atoms with Gasteiger partial charge in [-0.05, 0) is 34.7 Å². The van der Waals surface area contributed by atoms with Gasteiger partial charge in [-0.15, -0.1) is 5.10 Å². The summed E-state index contributed by atoms with van der Waals surface area (Å²) in [6.45, 7) is 3.64. The molecule has 9 heteroatoms. The molecule has 0 aliphatic carbocycles. The summed E-state index contributed by atoms with van der Waals surface area (Å²) >= 11 is 0. The number of ether oxygens (including phenoxy) is 1. The number of hydrogen-bond acceptors (Lipinski definition) is 7. The number of benzene rings is 2. The summed E-state index contributed by atoms with van der Waals surface area (Å²) in [4.78, 5) is 17.6. The van der Waals surface area contributed by atoms with E-state index < -0.39 is 5.41 Å². The van der Waals surface area contributed by atoms with Gasteiger partial charge in [0, 0.05) is 22.6 Å². The van der Waals surface area contributed by atoms with Crippen molar-refractivity contribution in [2.24, 2.45) is 5.41 Å². The first-order valence-electron chi connectivity index (χ1n) is 10.3. The number of para-hydroxylation sites is 1. The predicted octanol–water partition coefficient (Wildman–Crippen LogP) is 3.59. The van der Waals surface area contributed by atoms with Gasteiger partial charge in [-0.3, -0.25) is 10.1 Å². The van der Waals surface area contributed by atoms with Gasteiger partial charge in [-0.2, -0.15) is 5.26 Å². The summed E-state index contributed by atoms with van der Waals surface area (Å²) in [7, 11) is 0. The minimum Gasteiger partial charge on any atom is -0.438 e. The first-order valence-corrected chi connectivity index (χ1v) is 10.3. The van der Waals surface area contributed by atoms with Gasteiger partial charge in [-0.25, -0.2) is 9.67 Å². The van der Waals surface area contributed by atoms with Crippen molar-refractivity contribution in [2.45, 2.75) is 19.8 Å². The van der Waals surface area contributed by atoms with Crippen LogP contribution in [0.3, 0.4) is 0 Å². The van der Waals surface area contributed by atoms with Crippen LogP contribution < -0.4 is 10.1 Å². The first kappa shape index (κ1) is 20.3. The van der Waals surface area contributed by atoms with Gasteiger partial charge in [0.25, 0.3) is 0 Å². The van der Waals surface area contributed by atoms with Crippen molar-refractivity contribution in [2.75, 3.05) is 0 Å². The molecule has 0 fully saturated rings. The van der Waals surface area contributed by atoms with Crippen LogP contribution in [0.4, 0.5) is 0 Å². The van der Waals surface area contributed by atoms with Gasteiger partial charge in [0.15, 0.2) is 6.19 Å². The Kier molecular flexibility index (Phi) is 4.83. The molecule has 5 rings (SSSR count). The Hall–Kier alpha value is -4.58. The number of tetrazole rings is 1. The highest BCUT2D eigenvalue weighted by Gasteiger charge is 2.44. The number of pyridine rings is 1. The maximum atomic E-state index is 12.8. The lowest BCUT2D eigenvalue weighted by molar-refractivity contribution is -0.128. The Bertz CT molecular complexity index is 1370. The van der Waals surface area contributed by atoms with Crippen molar-refractivity contribution in [1.82, 2.24) is 30.5 Å². The summed E-state index contributed by atoms with van der Waals surface area (Å²) in [5, 5.41) is 22.5. The molecule has 9 nitrogen and oxygen atoms in total. The molecule has 4 aromatic rings. The van der Waals surface area contributed by atoms with E-state index >= 15 is 0 Å². The van der Waals surface area contributed by atoms with Crippen LogP contribution in [0.15, 0.2) is 67.0 Å². The molecule has 1 amide bonds. The number of nitrogens with one attached hydrogen (secondary N) is 1. The molecule has 1 N–H and O–H groups in total. The van der Waals surface area contributed by atoms with Crippen molar-refractivity contribution in [3.8, 4) is 34.8 Å². The lowest BCUT2D eigenvalue weighted by Gasteiger charge is -2.37. The van der Waals surface area contributed by atoms with Gasteiger partial charge in [0.2, 0.25) is 11.8 Å². The zero-order valence-electron chi connectivity index (χ0n) is 17.9. The zero-order valence-corrected chi connectivity index (χ0v) is 17.9. The molecule has 0 spiro atoms. The molecule has 0 saturated carbocycles. The molecule has 0 unspecified atom stereocenters. The van der Waals surface area contributed by atoms with Crippen LogP contribution in [0.25, 0.3) is 16.9 Å². The predicted molar refractivity (Wildman–Crippen MR) is 118 cm³/mol. The summed E-state index contributed by atoms with van der Waals surface area (Å²) in [6.07, 6.45) is 3.27. The Morgan fingerprint density at radius 2 is 1.88 bits per heavy atom. The average Bonchev–Trinajstić information content (AvgIpc) is 3.37. The van der Waals surface area contributed by atoms with Gasteiger partial charge < -0.3 is 4.74 Å². The summed E-state index contributed by atoms with van der Waals surface area (Å²) in [5.41, 5.74) is 3.21. The SMILES string of the molecule is CC(C)(C(=O)NC#N)[C@H]1c2ccccc2Oc2nc(-c3ccc(-n4cnnn4)cc3)ccc21. The summed E-state index contributed by atoms with van der Waals surface area (Å²) in [6, 6.07) is 19.1. The van der Waals surface area contributed by atoms with Crippen molar-refractivity contribution in [3.63, 3.8) is 0 Å². The first-order chi connectivity index (χ1) is 16.0. The van der Waals surface area contributed by atoms with Crippen molar-refractivity contribution in [3.05, 3.63) is 78.1 Å². The number of hydrogen-bond donors (Lipinski definition) is 1. The minimum absolute atomic E-state index is 0.338. The Morgan fingerprint density at radius 1 is 1.09 bits per heavy atom. The van der Waals surface area contributed by atoms with Gasteiger partial charge in [0.1, 0.15) is 12.1 Å². The van der Waals surface area contributed by atoms with Crippen LogP contribution >= 0.6 is 0 Å². The third-order valence-corrected chi connectivity index (χ3v) is 5.89. The van der Waals surface area contributed by atoms with E-state index in [1.165, 1.54) is 6.33 Å². The number of nitriles is 1. The quantitative estimate of drug-likeness (QED) is 0.383. The lowest BCUT2D eigenvalue weighted by atomic mass is 9.69. The van der Waals surface area contributed by atoms with Gasteiger partial charge in [0.05, 0.1) is 16.8 Å². The van der Waals surface area contributed by atoms with E-state index in [0.29, 0.717) is 11.6 Å². The molecule has 1 atom stereocenters. The van der Waals surface area contributed by atoms with E-state index in [0.717, 1.165) is 28.1 Å². The molecule has 2 aromatic heterocycles. The highest BCUT2D eigenvalue weighted by molar-refractivity contribution is 5.85. The van der Waals surface area contributed by atoms with E-state index in [1.54, 1.807) is 10.9 Å². The summed E-state index contributed by atoms with van der Waals surface area (Å²) in [5.74, 6) is 0.388. The number of rotatable bonds is 4. The standard InChI is InChI=1S/C24H19N7O2/c1-24(2,23(32)26-13-25)21-17-5-3-4-6-20(17)33-22-18(21)11-12-19(28-22)15-7-9-16(10-8-15)31-14-27-29-30-31/h3-12,14,21H,1-2H3,(H,26,32)/t21-/m0/s1. The number of carbonyl (C=O) groups is 1. The van der Waals surface area contributed by atoms with Crippen LogP contribution in [0, 0.1) is 16.9 Å². The van der Waals surface area contributed by atoms with Crippen LogP contribution in [0.2, 0.25) is 0 Å². The highest BCUT2D eigenvalue weighted by atomic mass is 16.5.